The van der Waals surface area contributed by atoms with Gasteiger partial charge < -0.3 is 10.6 Å². The Hall–Kier alpha value is -0.580. The molecule has 0 aromatic carbocycles. The first kappa shape index (κ1) is 11.5. The van der Waals surface area contributed by atoms with Gasteiger partial charge in [-0.1, -0.05) is 11.6 Å². The Morgan fingerprint density at radius 2 is 2.24 bits per heavy atom. The third-order valence-electron chi connectivity index (χ3n) is 3.98. The largest absolute Gasteiger partial charge is 0.337 e. The molecule has 1 aromatic heterocycles. The van der Waals surface area contributed by atoms with Gasteiger partial charge in [0.1, 0.15) is 0 Å². The molecule has 1 aliphatic heterocycles. The number of halogens is 1. The number of rotatable bonds is 1. The number of carbonyl (C=O) groups excluding carboxylic acids is 1. The summed E-state index contributed by atoms with van der Waals surface area (Å²) in [5.41, 5.74) is 6.07. The molecule has 5 heteroatoms. The van der Waals surface area contributed by atoms with Crippen molar-refractivity contribution < 1.29 is 4.79 Å². The fourth-order valence-corrected chi connectivity index (χ4v) is 4.07. The minimum Gasteiger partial charge on any atom is -0.337 e. The van der Waals surface area contributed by atoms with Crippen molar-refractivity contribution in [2.24, 2.45) is 17.6 Å². The quantitative estimate of drug-likeness (QED) is 0.851. The van der Waals surface area contributed by atoms with Crippen LogP contribution in [0.5, 0.6) is 0 Å². The van der Waals surface area contributed by atoms with E-state index in [9.17, 15) is 4.79 Å². The van der Waals surface area contributed by atoms with E-state index >= 15 is 0 Å². The van der Waals surface area contributed by atoms with Gasteiger partial charge in [0.2, 0.25) is 0 Å². The number of hydrogen-bond donors (Lipinski definition) is 1. The monoisotopic (exact) mass is 270 g/mol. The molecule has 3 rings (SSSR count). The Morgan fingerprint density at radius 1 is 1.41 bits per heavy atom. The minimum atomic E-state index is 0.114. The molecule has 1 saturated heterocycles. The highest BCUT2D eigenvalue weighted by molar-refractivity contribution is 7.17. The maximum atomic E-state index is 12.2. The lowest BCUT2D eigenvalue weighted by molar-refractivity contribution is 0.0784. The number of amides is 1. The maximum Gasteiger partial charge on any atom is 0.263 e. The van der Waals surface area contributed by atoms with E-state index in [0.29, 0.717) is 16.2 Å². The van der Waals surface area contributed by atoms with E-state index in [1.54, 1.807) is 6.07 Å². The molecular formula is C12H15ClN2OS. The number of hydrogen-bond acceptors (Lipinski definition) is 3. The second kappa shape index (κ2) is 4.26. The molecule has 3 atom stereocenters. The van der Waals surface area contributed by atoms with Crippen molar-refractivity contribution in [2.75, 3.05) is 13.1 Å². The zero-order valence-electron chi connectivity index (χ0n) is 9.43. The number of thiophene rings is 1. The minimum absolute atomic E-state index is 0.114. The Kier molecular flexibility index (Phi) is 2.89. The Bertz CT molecular complexity index is 447. The van der Waals surface area contributed by atoms with Crippen LogP contribution in [0.25, 0.3) is 0 Å². The van der Waals surface area contributed by atoms with E-state index in [1.165, 1.54) is 17.8 Å². The summed E-state index contributed by atoms with van der Waals surface area (Å²) in [5, 5.41) is 0. The van der Waals surface area contributed by atoms with E-state index in [-0.39, 0.29) is 11.9 Å². The topological polar surface area (TPSA) is 46.3 Å². The highest BCUT2D eigenvalue weighted by Crippen LogP contribution is 2.38. The summed E-state index contributed by atoms with van der Waals surface area (Å²) in [4.78, 5) is 14.9. The average molecular weight is 271 g/mol. The van der Waals surface area contributed by atoms with Crippen molar-refractivity contribution in [3.63, 3.8) is 0 Å². The predicted molar refractivity (Wildman–Crippen MR) is 69.4 cm³/mol. The number of fused-ring (bicyclic) bond motifs is 1. The van der Waals surface area contributed by atoms with E-state index in [0.717, 1.165) is 24.4 Å². The SMILES string of the molecule is NC1CCC2CN(C(=O)c3ccc(Cl)s3)CC12. The third kappa shape index (κ3) is 1.98. The highest BCUT2D eigenvalue weighted by atomic mass is 35.5. The number of carbonyl (C=O) groups is 1. The summed E-state index contributed by atoms with van der Waals surface area (Å²) in [6.07, 6.45) is 2.28. The van der Waals surface area contributed by atoms with Crippen molar-refractivity contribution >= 4 is 28.8 Å². The molecule has 17 heavy (non-hydrogen) atoms. The molecule has 1 aliphatic carbocycles. The fraction of sp³-hybridized carbons (Fsp3) is 0.583. The Labute approximate surface area is 110 Å². The van der Waals surface area contributed by atoms with Crippen LogP contribution in [-0.2, 0) is 0 Å². The van der Waals surface area contributed by atoms with E-state index < -0.39 is 0 Å². The van der Waals surface area contributed by atoms with Crippen LogP contribution >= 0.6 is 22.9 Å². The van der Waals surface area contributed by atoms with Crippen molar-refractivity contribution in [1.82, 2.24) is 4.90 Å². The normalized spacial score (nSPS) is 31.9. The predicted octanol–water partition coefficient (Wildman–Crippen LogP) is 2.21. The van der Waals surface area contributed by atoms with Gasteiger partial charge in [0, 0.05) is 19.1 Å². The van der Waals surface area contributed by atoms with Gasteiger partial charge in [0.25, 0.3) is 5.91 Å². The van der Waals surface area contributed by atoms with Crippen LogP contribution in [0.3, 0.4) is 0 Å². The zero-order valence-corrected chi connectivity index (χ0v) is 11.0. The van der Waals surface area contributed by atoms with Gasteiger partial charge in [0.05, 0.1) is 9.21 Å². The van der Waals surface area contributed by atoms with E-state index in [4.69, 9.17) is 17.3 Å². The fourth-order valence-electron chi connectivity index (χ4n) is 3.06. The van der Waals surface area contributed by atoms with Crippen molar-refractivity contribution in [2.45, 2.75) is 18.9 Å². The Balaban J connectivity index is 1.73. The van der Waals surface area contributed by atoms with Crippen LogP contribution in [-0.4, -0.2) is 29.9 Å². The Morgan fingerprint density at radius 3 is 2.88 bits per heavy atom. The molecule has 0 radical (unpaired) electrons. The average Bonchev–Trinajstić information content (AvgIpc) is 2.96. The molecule has 1 saturated carbocycles. The first-order valence-electron chi connectivity index (χ1n) is 5.95. The maximum absolute atomic E-state index is 12.2. The lowest BCUT2D eigenvalue weighted by atomic mass is 9.98. The summed E-state index contributed by atoms with van der Waals surface area (Å²) in [7, 11) is 0. The van der Waals surface area contributed by atoms with Crippen LogP contribution in [0.1, 0.15) is 22.5 Å². The number of nitrogens with zero attached hydrogens (tertiary/aromatic N) is 1. The van der Waals surface area contributed by atoms with Gasteiger partial charge in [-0.15, -0.1) is 11.3 Å². The van der Waals surface area contributed by atoms with Gasteiger partial charge >= 0.3 is 0 Å². The van der Waals surface area contributed by atoms with Crippen molar-refractivity contribution in [3.05, 3.63) is 21.3 Å². The summed E-state index contributed by atoms with van der Waals surface area (Å²) >= 11 is 7.21. The van der Waals surface area contributed by atoms with Crippen LogP contribution in [0, 0.1) is 11.8 Å². The first-order chi connectivity index (χ1) is 8.15. The lowest BCUT2D eigenvalue weighted by Gasteiger charge is -2.17. The van der Waals surface area contributed by atoms with Gasteiger partial charge in [0.15, 0.2) is 0 Å². The molecule has 0 bridgehead atoms. The molecule has 2 N–H and O–H groups in total. The van der Waals surface area contributed by atoms with Crippen molar-refractivity contribution in [3.8, 4) is 0 Å². The lowest BCUT2D eigenvalue weighted by Crippen LogP contribution is -2.33. The summed E-state index contributed by atoms with van der Waals surface area (Å²) < 4.78 is 0.671. The van der Waals surface area contributed by atoms with Crippen molar-refractivity contribution in [1.29, 1.82) is 0 Å². The van der Waals surface area contributed by atoms with E-state index in [1.807, 2.05) is 11.0 Å². The summed E-state index contributed by atoms with van der Waals surface area (Å²) in [6, 6.07) is 3.87. The smallest absolute Gasteiger partial charge is 0.263 e. The molecule has 2 fully saturated rings. The second-order valence-corrected chi connectivity index (χ2v) is 6.69. The molecule has 0 spiro atoms. The van der Waals surface area contributed by atoms with Gasteiger partial charge in [-0.25, -0.2) is 0 Å². The molecule has 92 valence electrons. The summed E-state index contributed by atoms with van der Waals surface area (Å²) in [6.45, 7) is 1.69. The molecule has 2 heterocycles. The standard InChI is InChI=1S/C12H15ClN2OS/c13-11-4-3-10(17-11)12(16)15-5-7-1-2-9(14)8(7)6-15/h3-4,7-9H,1-2,5-6,14H2. The zero-order chi connectivity index (χ0) is 12.0. The molecule has 1 aromatic rings. The van der Waals surface area contributed by atoms with Gasteiger partial charge in [-0.3, -0.25) is 4.79 Å². The molecule has 1 amide bonds. The third-order valence-corrected chi connectivity index (χ3v) is 5.20. The van der Waals surface area contributed by atoms with Gasteiger partial charge in [-0.05, 0) is 36.8 Å². The van der Waals surface area contributed by atoms with Gasteiger partial charge in [-0.2, -0.15) is 0 Å². The molecule has 2 aliphatic rings. The van der Waals surface area contributed by atoms with Crippen LogP contribution in [0.4, 0.5) is 0 Å². The summed E-state index contributed by atoms with van der Waals surface area (Å²) in [5.74, 6) is 1.24. The van der Waals surface area contributed by atoms with Crippen LogP contribution in [0.15, 0.2) is 12.1 Å². The van der Waals surface area contributed by atoms with E-state index in [2.05, 4.69) is 0 Å². The number of nitrogens with two attached hydrogens (primary N) is 1. The molecular weight excluding hydrogens is 256 g/mol. The molecule has 3 unspecified atom stereocenters. The number of likely N-dealkylation sites (tertiary alicyclic amines) is 1. The first-order valence-corrected chi connectivity index (χ1v) is 7.15. The van der Waals surface area contributed by atoms with Crippen LogP contribution in [0.2, 0.25) is 4.34 Å². The highest BCUT2D eigenvalue weighted by Gasteiger charge is 2.42. The van der Waals surface area contributed by atoms with Crippen LogP contribution < -0.4 is 5.73 Å². The molecule has 3 nitrogen and oxygen atoms in total. The second-order valence-electron chi connectivity index (χ2n) is 4.98.